The molecular formula is C16H35N3O2. The number of hydrogen-bond acceptors (Lipinski definition) is 5. The molecule has 0 spiro atoms. The number of nitrogens with zero attached hydrogens (tertiary/aromatic N) is 2. The lowest BCUT2D eigenvalue weighted by Crippen LogP contribution is -2.47. The molecule has 1 rings (SSSR count). The van der Waals surface area contributed by atoms with Gasteiger partial charge in [-0.25, -0.2) is 0 Å². The molecule has 0 aliphatic carbocycles. The zero-order valence-electron chi connectivity index (χ0n) is 14.3. The molecule has 1 aliphatic heterocycles. The number of ether oxygens (including phenoxy) is 2. The van der Waals surface area contributed by atoms with Crippen molar-refractivity contribution in [2.45, 2.75) is 20.8 Å². The molecule has 126 valence electrons. The average Bonchev–Trinajstić information content (AvgIpc) is 2.49. The number of nitrogens with one attached hydrogen (secondary N) is 1. The molecule has 1 fully saturated rings. The number of rotatable bonds is 12. The van der Waals surface area contributed by atoms with Gasteiger partial charge >= 0.3 is 0 Å². The van der Waals surface area contributed by atoms with Gasteiger partial charge in [0.15, 0.2) is 0 Å². The van der Waals surface area contributed by atoms with E-state index in [1.165, 1.54) is 32.7 Å². The predicted molar refractivity (Wildman–Crippen MR) is 87.9 cm³/mol. The second-order valence-electron chi connectivity index (χ2n) is 6.10. The summed E-state index contributed by atoms with van der Waals surface area (Å²) in [5.41, 5.74) is 0. The monoisotopic (exact) mass is 301 g/mol. The van der Waals surface area contributed by atoms with Crippen LogP contribution in [0, 0.1) is 5.92 Å². The van der Waals surface area contributed by atoms with Crippen LogP contribution >= 0.6 is 0 Å². The van der Waals surface area contributed by atoms with Gasteiger partial charge in [-0.15, -0.1) is 0 Å². The first-order chi connectivity index (χ1) is 10.2. The molecule has 21 heavy (non-hydrogen) atoms. The first-order valence-electron chi connectivity index (χ1n) is 8.53. The predicted octanol–water partition coefficient (Wildman–Crippen LogP) is 0.903. The molecule has 0 bridgehead atoms. The van der Waals surface area contributed by atoms with Gasteiger partial charge in [0.1, 0.15) is 0 Å². The molecule has 0 aromatic rings. The summed E-state index contributed by atoms with van der Waals surface area (Å²) in [6.45, 7) is 18.6. The molecule has 0 amide bonds. The molecule has 0 aromatic carbocycles. The highest BCUT2D eigenvalue weighted by atomic mass is 16.5. The maximum absolute atomic E-state index is 5.63. The zero-order chi connectivity index (χ0) is 15.3. The van der Waals surface area contributed by atoms with Crippen molar-refractivity contribution in [3.05, 3.63) is 0 Å². The summed E-state index contributed by atoms with van der Waals surface area (Å²) < 4.78 is 11.2. The number of hydrogen-bond donors (Lipinski definition) is 1. The minimum Gasteiger partial charge on any atom is -0.378 e. The van der Waals surface area contributed by atoms with Gasteiger partial charge in [0, 0.05) is 39.3 Å². The van der Waals surface area contributed by atoms with Gasteiger partial charge in [0.25, 0.3) is 0 Å². The van der Waals surface area contributed by atoms with Gasteiger partial charge in [0.05, 0.1) is 26.4 Å². The third kappa shape index (κ3) is 10.2. The Hall–Kier alpha value is -0.200. The van der Waals surface area contributed by atoms with Gasteiger partial charge in [-0.05, 0) is 19.0 Å². The Morgan fingerprint density at radius 3 is 2.14 bits per heavy atom. The lowest BCUT2D eigenvalue weighted by molar-refractivity contribution is 0.0328. The summed E-state index contributed by atoms with van der Waals surface area (Å²) >= 11 is 0. The molecule has 0 saturated carbocycles. The van der Waals surface area contributed by atoms with Gasteiger partial charge in [-0.1, -0.05) is 20.8 Å². The molecule has 5 nitrogen and oxygen atoms in total. The van der Waals surface area contributed by atoms with Crippen molar-refractivity contribution in [1.82, 2.24) is 15.1 Å². The Morgan fingerprint density at radius 2 is 1.52 bits per heavy atom. The molecule has 0 aromatic heterocycles. The fraction of sp³-hybridized carbons (Fsp3) is 1.00. The van der Waals surface area contributed by atoms with Crippen molar-refractivity contribution in [1.29, 1.82) is 0 Å². The smallest absolute Gasteiger partial charge is 0.0701 e. The number of piperazine rings is 1. The second kappa shape index (κ2) is 12.4. The van der Waals surface area contributed by atoms with Gasteiger partial charge < -0.3 is 19.7 Å². The van der Waals surface area contributed by atoms with E-state index in [2.05, 4.69) is 35.9 Å². The quantitative estimate of drug-likeness (QED) is 0.542. The molecule has 1 heterocycles. The highest BCUT2D eigenvalue weighted by Crippen LogP contribution is 2.00. The maximum Gasteiger partial charge on any atom is 0.0701 e. The Morgan fingerprint density at radius 1 is 0.905 bits per heavy atom. The lowest BCUT2D eigenvalue weighted by Gasteiger charge is -2.33. The van der Waals surface area contributed by atoms with E-state index in [4.69, 9.17) is 9.47 Å². The van der Waals surface area contributed by atoms with Gasteiger partial charge in [-0.3, -0.25) is 4.90 Å². The van der Waals surface area contributed by atoms with Crippen LogP contribution in [0.15, 0.2) is 0 Å². The van der Waals surface area contributed by atoms with E-state index in [1.807, 2.05) is 0 Å². The van der Waals surface area contributed by atoms with E-state index in [1.54, 1.807) is 0 Å². The van der Waals surface area contributed by atoms with E-state index >= 15 is 0 Å². The van der Waals surface area contributed by atoms with Crippen molar-refractivity contribution < 1.29 is 9.47 Å². The molecule has 0 atom stereocenters. The minimum absolute atomic E-state index is 0.701. The van der Waals surface area contributed by atoms with Crippen LogP contribution in [0.1, 0.15) is 20.8 Å². The number of likely N-dealkylation sites (N-methyl/N-ethyl adjacent to an activating group) is 1. The molecule has 0 radical (unpaired) electrons. The first-order valence-corrected chi connectivity index (χ1v) is 8.53. The van der Waals surface area contributed by atoms with Crippen molar-refractivity contribution >= 4 is 0 Å². The zero-order valence-corrected chi connectivity index (χ0v) is 14.3. The molecule has 5 heteroatoms. The Balaban J connectivity index is 1.79. The van der Waals surface area contributed by atoms with E-state index in [0.29, 0.717) is 19.1 Å². The highest BCUT2D eigenvalue weighted by molar-refractivity contribution is 4.70. The summed E-state index contributed by atoms with van der Waals surface area (Å²) in [7, 11) is 0. The minimum atomic E-state index is 0.701. The summed E-state index contributed by atoms with van der Waals surface area (Å²) in [4.78, 5) is 4.99. The summed E-state index contributed by atoms with van der Waals surface area (Å²) in [5, 5.41) is 3.36. The average molecular weight is 301 g/mol. The van der Waals surface area contributed by atoms with E-state index in [9.17, 15) is 0 Å². The van der Waals surface area contributed by atoms with E-state index in [0.717, 1.165) is 32.8 Å². The summed E-state index contributed by atoms with van der Waals surface area (Å²) in [6, 6.07) is 0. The van der Waals surface area contributed by atoms with Crippen molar-refractivity contribution in [2.75, 3.05) is 78.8 Å². The van der Waals surface area contributed by atoms with E-state index in [-0.39, 0.29) is 0 Å². The lowest BCUT2D eigenvalue weighted by atomic mass is 10.2. The fourth-order valence-corrected chi connectivity index (χ4v) is 2.38. The SMILES string of the molecule is CCN1CCN(CCOCCOCCNCC(C)C)CC1. The van der Waals surface area contributed by atoms with Crippen molar-refractivity contribution in [3.8, 4) is 0 Å². The highest BCUT2D eigenvalue weighted by Gasteiger charge is 2.14. The Bertz CT molecular complexity index is 232. The van der Waals surface area contributed by atoms with Gasteiger partial charge in [-0.2, -0.15) is 0 Å². The van der Waals surface area contributed by atoms with Crippen LogP contribution in [-0.2, 0) is 9.47 Å². The summed E-state index contributed by atoms with van der Waals surface area (Å²) in [6.07, 6.45) is 0. The van der Waals surface area contributed by atoms with Crippen LogP contribution in [0.5, 0.6) is 0 Å². The Labute approximate surface area is 131 Å². The van der Waals surface area contributed by atoms with Crippen LogP contribution in [0.25, 0.3) is 0 Å². The maximum atomic E-state index is 5.63. The summed E-state index contributed by atoms with van der Waals surface area (Å²) in [5.74, 6) is 0.701. The first kappa shape index (κ1) is 18.8. The Kier molecular flexibility index (Phi) is 11.1. The standard InChI is InChI=1S/C16H35N3O2/c1-4-18-6-8-19(9-7-18)10-12-21-14-13-20-11-5-17-15-16(2)3/h16-17H,4-15H2,1-3H3. The van der Waals surface area contributed by atoms with Crippen molar-refractivity contribution in [3.63, 3.8) is 0 Å². The molecule has 1 N–H and O–H groups in total. The molecule has 0 unspecified atom stereocenters. The van der Waals surface area contributed by atoms with Crippen LogP contribution in [-0.4, -0.2) is 88.6 Å². The van der Waals surface area contributed by atoms with Crippen LogP contribution < -0.4 is 5.32 Å². The second-order valence-corrected chi connectivity index (χ2v) is 6.10. The topological polar surface area (TPSA) is 37.0 Å². The van der Waals surface area contributed by atoms with Crippen LogP contribution in [0.4, 0.5) is 0 Å². The fourth-order valence-electron chi connectivity index (χ4n) is 2.38. The third-order valence-corrected chi connectivity index (χ3v) is 3.81. The van der Waals surface area contributed by atoms with Crippen molar-refractivity contribution in [2.24, 2.45) is 5.92 Å². The largest absolute Gasteiger partial charge is 0.378 e. The van der Waals surface area contributed by atoms with Crippen LogP contribution in [0.2, 0.25) is 0 Å². The van der Waals surface area contributed by atoms with Gasteiger partial charge in [0.2, 0.25) is 0 Å². The van der Waals surface area contributed by atoms with Crippen LogP contribution in [0.3, 0.4) is 0 Å². The molecular weight excluding hydrogens is 266 g/mol. The molecule has 1 aliphatic rings. The third-order valence-electron chi connectivity index (χ3n) is 3.81. The van der Waals surface area contributed by atoms with E-state index < -0.39 is 0 Å². The normalized spacial score (nSPS) is 17.7. The molecule has 1 saturated heterocycles.